The molecule has 1 atom stereocenters. The van der Waals surface area contributed by atoms with Crippen molar-refractivity contribution in [1.82, 2.24) is 9.88 Å². The Kier molecular flexibility index (Phi) is 7.65. The van der Waals surface area contributed by atoms with E-state index in [9.17, 15) is 14.7 Å². The number of halogens is 3. The van der Waals surface area contributed by atoms with Gasteiger partial charge in [-0.25, -0.2) is 9.29 Å². The second kappa shape index (κ2) is 11.0. The second-order valence-corrected chi connectivity index (χ2v) is 10.2. The number of benzene rings is 2. The van der Waals surface area contributed by atoms with Crippen LogP contribution >= 0.6 is 11.6 Å². The van der Waals surface area contributed by atoms with Gasteiger partial charge in [0.2, 0.25) is 5.78 Å². The van der Waals surface area contributed by atoms with E-state index in [4.69, 9.17) is 20.8 Å². The van der Waals surface area contributed by atoms with Crippen LogP contribution in [-0.4, -0.2) is 51.9 Å². The third kappa shape index (κ3) is 5.52. The monoisotopic (exact) mass is 547 g/mol. The lowest BCUT2D eigenvalue weighted by Crippen LogP contribution is -2.54. The van der Waals surface area contributed by atoms with Gasteiger partial charge in [0, 0.05) is 19.5 Å². The third-order valence-corrected chi connectivity index (χ3v) is 7.54. The van der Waals surface area contributed by atoms with Crippen molar-refractivity contribution in [3.05, 3.63) is 52.8 Å². The minimum Gasteiger partial charge on any atom is -0.481 e. The number of carbonyl (C=O) groups excluding carboxylic acids is 1. The topological polar surface area (TPSA) is 105 Å². The van der Waals surface area contributed by atoms with Crippen molar-refractivity contribution in [2.24, 2.45) is 5.92 Å². The van der Waals surface area contributed by atoms with Crippen LogP contribution in [-0.2, 0) is 20.7 Å². The lowest BCUT2D eigenvalue weighted by Gasteiger charge is -2.37. The highest BCUT2D eigenvalue weighted by Gasteiger charge is 2.49. The van der Waals surface area contributed by atoms with Gasteiger partial charge in [-0.15, -0.1) is 0 Å². The average molecular weight is 548 g/mol. The molecule has 11 heteroatoms. The standard InChI is InChI=1S/C27H28ClF2N3O5/c28-19-13-17(20(29)15-22(19)32-26-31-21-5-1-2-6-23(21)37-26)14-24(34)27(30,33-11-3-4-12-33)38-18-9-7-16(8-10-18)25(35)36/h1-2,5-6,13,15-16,18H,3-4,7-12,14H2,(H,31,32)(H,35,36). The van der Waals surface area contributed by atoms with Crippen LogP contribution < -0.4 is 5.32 Å². The Morgan fingerprint density at radius 3 is 2.58 bits per heavy atom. The van der Waals surface area contributed by atoms with Gasteiger partial charge in [-0.05, 0) is 68.4 Å². The number of ether oxygens (including phenoxy) is 1. The number of carbonyl (C=O) groups is 2. The zero-order chi connectivity index (χ0) is 26.9. The quantitative estimate of drug-likeness (QED) is 0.321. The highest BCUT2D eigenvalue weighted by Crippen LogP contribution is 2.35. The molecule has 2 fully saturated rings. The summed E-state index contributed by atoms with van der Waals surface area (Å²) < 4.78 is 42.8. The van der Waals surface area contributed by atoms with E-state index in [1.165, 1.54) is 11.0 Å². The molecule has 3 aromatic rings. The van der Waals surface area contributed by atoms with Crippen molar-refractivity contribution in [2.45, 2.75) is 57.0 Å². The van der Waals surface area contributed by atoms with Gasteiger partial charge < -0.3 is 19.6 Å². The number of hydrogen-bond acceptors (Lipinski definition) is 7. The molecule has 8 nitrogen and oxygen atoms in total. The summed E-state index contributed by atoms with van der Waals surface area (Å²) in [5.41, 5.74) is 1.28. The Bertz CT molecular complexity index is 1300. The summed E-state index contributed by atoms with van der Waals surface area (Å²) in [4.78, 5) is 30.2. The number of ketones is 1. The van der Waals surface area contributed by atoms with Crippen molar-refractivity contribution in [3.8, 4) is 0 Å². The Balaban J connectivity index is 1.32. The van der Waals surface area contributed by atoms with Gasteiger partial charge in [0.05, 0.1) is 22.7 Å². The number of carboxylic acids is 1. The number of oxazole rings is 1. The molecule has 1 saturated carbocycles. The van der Waals surface area contributed by atoms with E-state index in [1.54, 1.807) is 18.2 Å². The van der Waals surface area contributed by atoms with E-state index in [1.807, 2.05) is 6.07 Å². The number of aromatic nitrogens is 1. The first-order valence-corrected chi connectivity index (χ1v) is 13.1. The van der Waals surface area contributed by atoms with Crippen LogP contribution in [0.2, 0.25) is 5.02 Å². The van der Waals surface area contributed by atoms with Crippen molar-refractivity contribution >= 4 is 46.2 Å². The first-order chi connectivity index (χ1) is 18.2. The van der Waals surface area contributed by atoms with Crippen LogP contribution in [0, 0.1) is 11.7 Å². The summed E-state index contributed by atoms with van der Waals surface area (Å²) in [6.45, 7) is 0.673. The molecule has 0 amide bonds. The minimum atomic E-state index is -2.73. The van der Waals surface area contributed by atoms with E-state index in [2.05, 4.69) is 10.3 Å². The summed E-state index contributed by atoms with van der Waals surface area (Å²) in [6, 6.07) is 9.64. The molecule has 1 saturated heterocycles. The first kappa shape index (κ1) is 26.5. The van der Waals surface area contributed by atoms with Crippen LogP contribution in [0.4, 0.5) is 20.5 Å². The molecule has 1 aliphatic heterocycles. The summed E-state index contributed by atoms with van der Waals surface area (Å²) >= 11 is 6.38. The van der Waals surface area contributed by atoms with Crippen LogP contribution in [0.25, 0.3) is 11.1 Å². The molecule has 2 aromatic carbocycles. The number of rotatable bonds is 9. The molecule has 2 N–H and O–H groups in total. The number of para-hydroxylation sites is 2. The number of aliphatic carboxylic acids is 1. The predicted molar refractivity (Wildman–Crippen MR) is 137 cm³/mol. The first-order valence-electron chi connectivity index (χ1n) is 12.7. The van der Waals surface area contributed by atoms with Gasteiger partial charge in [0.1, 0.15) is 11.3 Å². The molecule has 38 heavy (non-hydrogen) atoms. The van der Waals surface area contributed by atoms with Gasteiger partial charge in [-0.3, -0.25) is 9.59 Å². The van der Waals surface area contributed by atoms with E-state index in [0.29, 0.717) is 62.7 Å². The van der Waals surface area contributed by atoms with Crippen LogP contribution in [0.15, 0.2) is 40.8 Å². The highest BCUT2D eigenvalue weighted by molar-refractivity contribution is 6.33. The number of hydrogen-bond donors (Lipinski definition) is 2. The normalized spacial score (nSPS) is 21.9. The van der Waals surface area contributed by atoms with Crippen molar-refractivity contribution in [3.63, 3.8) is 0 Å². The van der Waals surface area contributed by atoms with Crippen LogP contribution in [0.1, 0.15) is 44.1 Å². The van der Waals surface area contributed by atoms with Gasteiger partial charge in [-0.2, -0.15) is 9.37 Å². The summed E-state index contributed by atoms with van der Waals surface area (Å²) in [5.74, 6) is -5.77. The lowest BCUT2D eigenvalue weighted by molar-refractivity contribution is -0.252. The molecule has 2 heterocycles. The zero-order valence-corrected chi connectivity index (χ0v) is 21.3. The van der Waals surface area contributed by atoms with Crippen molar-refractivity contribution < 1.29 is 32.6 Å². The Labute approximate surface area is 222 Å². The number of alkyl halides is 1. The number of nitrogens with one attached hydrogen (secondary N) is 1. The molecule has 5 rings (SSSR count). The molecule has 202 valence electrons. The molecular weight excluding hydrogens is 520 g/mol. The van der Waals surface area contributed by atoms with Gasteiger partial charge in [-0.1, -0.05) is 23.7 Å². The van der Waals surface area contributed by atoms with Crippen molar-refractivity contribution in [1.29, 1.82) is 0 Å². The van der Waals surface area contributed by atoms with E-state index in [0.717, 1.165) is 6.07 Å². The number of anilines is 2. The zero-order valence-electron chi connectivity index (χ0n) is 20.6. The summed E-state index contributed by atoms with van der Waals surface area (Å²) in [5, 5.41) is 12.2. The fourth-order valence-corrected chi connectivity index (χ4v) is 5.35. The lowest BCUT2D eigenvalue weighted by atomic mass is 9.87. The number of Topliss-reactive ketones (excluding diaryl/α,β-unsaturated/α-hetero) is 1. The third-order valence-electron chi connectivity index (χ3n) is 7.23. The molecule has 0 radical (unpaired) electrons. The number of carboxylic acid groups (broad SMARTS) is 1. The number of nitrogens with zero attached hydrogens (tertiary/aromatic N) is 2. The molecule has 2 aliphatic rings. The van der Waals surface area contributed by atoms with Crippen LogP contribution in [0.5, 0.6) is 0 Å². The van der Waals surface area contributed by atoms with E-state index < -0.39 is 42.0 Å². The van der Waals surface area contributed by atoms with Gasteiger partial charge >= 0.3 is 11.9 Å². The number of fused-ring (bicyclic) bond motifs is 1. The maximum absolute atomic E-state index is 16.4. The highest BCUT2D eigenvalue weighted by atomic mass is 35.5. The largest absolute Gasteiger partial charge is 0.481 e. The Morgan fingerprint density at radius 2 is 1.89 bits per heavy atom. The van der Waals surface area contributed by atoms with Gasteiger partial charge in [0.15, 0.2) is 5.58 Å². The molecular formula is C27H28ClF2N3O5. The van der Waals surface area contributed by atoms with Crippen molar-refractivity contribution in [2.75, 3.05) is 18.4 Å². The summed E-state index contributed by atoms with van der Waals surface area (Å²) in [6.07, 6.45) is 1.63. The molecule has 1 aliphatic carbocycles. The Morgan fingerprint density at radius 1 is 1.18 bits per heavy atom. The smallest absolute Gasteiger partial charge is 0.330 e. The minimum absolute atomic E-state index is 0.0671. The maximum Gasteiger partial charge on any atom is 0.330 e. The fourth-order valence-electron chi connectivity index (χ4n) is 5.11. The predicted octanol–water partition coefficient (Wildman–Crippen LogP) is 5.85. The average Bonchev–Trinajstić information content (AvgIpc) is 3.57. The van der Waals surface area contributed by atoms with E-state index >= 15 is 8.78 Å². The fraction of sp³-hybridized carbons (Fsp3) is 0.444. The summed E-state index contributed by atoms with van der Waals surface area (Å²) in [7, 11) is 0. The maximum atomic E-state index is 16.4. The number of likely N-dealkylation sites (tertiary alicyclic amines) is 1. The Hall–Kier alpha value is -3.08. The molecule has 0 bridgehead atoms. The van der Waals surface area contributed by atoms with Gasteiger partial charge in [0.25, 0.3) is 6.01 Å². The molecule has 0 spiro atoms. The second-order valence-electron chi connectivity index (χ2n) is 9.82. The van der Waals surface area contributed by atoms with Crippen LogP contribution in [0.3, 0.4) is 0 Å². The SMILES string of the molecule is O=C(O)C1CCC(OC(F)(C(=O)Cc2cc(Cl)c(Nc3nc4ccccc4o3)cc2F)N2CCCC2)CC1. The molecule has 1 unspecified atom stereocenters. The molecule has 1 aromatic heterocycles. The van der Waals surface area contributed by atoms with E-state index in [-0.39, 0.29) is 22.3 Å².